The van der Waals surface area contributed by atoms with Crippen LogP contribution < -0.4 is 5.46 Å². The normalized spacial score (nSPS) is 10.4. The Hall–Kier alpha value is -1.25. The molecule has 0 aliphatic heterocycles. The number of fused-ring (bicyclic) bond motifs is 1. The molecular weight excluding hydrogens is 123 g/mol. The standard InChI is InChI=1S/C7H7BN2/c8-6-1-3-10-4-2-9-7(10)5-6/h1-5H,8H2. The van der Waals surface area contributed by atoms with Gasteiger partial charge in [-0.05, 0) is 6.07 Å². The molecule has 0 saturated heterocycles. The molecule has 0 saturated carbocycles. The van der Waals surface area contributed by atoms with Crippen LogP contribution in [0.15, 0.2) is 30.7 Å². The topological polar surface area (TPSA) is 17.3 Å². The Labute approximate surface area is 59.9 Å². The van der Waals surface area contributed by atoms with E-state index in [0.717, 1.165) is 5.65 Å². The summed E-state index contributed by atoms with van der Waals surface area (Å²) >= 11 is 0. The van der Waals surface area contributed by atoms with E-state index in [-0.39, 0.29) is 0 Å². The van der Waals surface area contributed by atoms with Crippen LogP contribution in [0.1, 0.15) is 0 Å². The molecule has 0 amide bonds. The number of nitrogens with zero attached hydrogens (tertiary/aromatic N) is 2. The van der Waals surface area contributed by atoms with Crippen LogP contribution in [0.4, 0.5) is 0 Å². The second kappa shape index (κ2) is 1.87. The molecule has 0 atom stereocenters. The van der Waals surface area contributed by atoms with Gasteiger partial charge in [0.15, 0.2) is 0 Å². The zero-order valence-corrected chi connectivity index (χ0v) is 5.78. The van der Waals surface area contributed by atoms with Gasteiger partial charge in [0.2, 0.25) is 0 Å². The van der Waals surface area contributed by atoms with Crippen molar-refractivity contribution in [2.45, 2.75) is 0 Å². The van der Waals surface area contributed by atoms with Crippen molar-refractivity contribution in [3.05, 3.63) is 30.7 Å². The van der Waals surface area contributed by atoms with Crippen LogP contribution in [0.25, 0.3) is 5.65 Å². The number of rotatable bonds is 0. The second-order valence-corrected chi connectivity index (χ2v) is 2.40. The summed E-state index contributed by atoms with van der Waals surface area (Å²) in [5.74, 6) is 0. The molecule has 10 heavy (non-hydrogen) atoms. The third kappa shape index (κ3) is 0.710. The molecule has 0 unspecified atom stereocenters. The van der Waals surface area contributed by atoms with E-state index in [2.05, 4.69) is 25.0 Å². The molecule has 0 bridgehead atoms. The van der Waals surface area contributed by atoms with Crippen LogP contribution in [0.3, 0.4) is 0 Å². The molecule has 0 N–H and O–H groups in total. The Bertz CT molecular complexity index is 353. The van der Waals surface area contributed by atoms with Crippen molar-refractivity contribution >= 4 is 19.0 Å². The van der Waals surface area contributed by atoms with E-state index in [1.807, 2.05) is 16.8 Å². The van der Waals surface area contributed by atoms with E-state index in [4.69, 9.17) is 0 Å². The third-order valence-corrected chi connectivity index (χ3v) is 1.55. The van der Waals surface area contributed by atoms with Crippen LogP contribution >= 0.6 is 0 Å². The molecule has 2 rings (SSSR count). The van der Waals surface area contributed by atoms with Crippen LogP contribution in [0, 0.1) is 0 Å². The lowest BCUT2D eigenvalue weighted by Gasteiger charge is -1.92. The first-order valence-corrected chi connectivity index (χ1v) is 3.25. The first-order valence-electron chi connectivity index (χ1n) is 3.25. The van der Waals surface area contributed by atoms with Gasteiger partial charge in [0.25, 0.3) is 0 Å². The fraction of sp³-hybridized carbons (Fsp3) is 0. The summed E-state index contributed by atoms with van der Waals surface area (Å²) in [7, 11) is 2.06. The van der Waals surface area contributed by atoms with E-state index >= 15 is 0 Å². The smallest absolute Gasteiger partial charge is 0.139 e. The Morgan fingerprint density at radius 1 is 1.40 bits per heavy atom. The SMILES string of the molecule is Bc1ccn2ccnc2c1. The predicted octanol–water partition coefficient (Wildman–Crippen LogP) is -0.407. The van der Waals surface area contributed by atoms with Crippen molar-refractivity contribution < 1.29 is 0 Å². The van der Waals surface area contributed by atoms with E-state index in [9.17, 15) is 0 Å². The number of imidazole rings is 1. The molecule has 0 radical (unpaired) electrons. The molecule has 0 aliphatic carbocycles. The molecule has 2 nitrogen and oxygen atoms in total. The highest BCUT2D eigenvalue weighted by atomic mass is 15.0. The van der Waals surface area contributed by atoms with Crippen LogP contribution in [-0.4, -0.2) is 17.2 Å². The first kappa shape index (κ1) is 5.53. The lowest BCUT2D eigenvalue weighted by atomic mass is 9.98. The summed E-state index contributed by atoms with van der Waals surface area (Å²) in [5.41, 5.74) is 2.26. The van der Waals surface area contributed by atoms with Crippen molar-refractivity contribution in [3.63, 3.8) is 0 Å². The van der Waals surface area contributed by atoms with E-state index in [0.29, 0.717) is 0 Å². The van der Waals surface area contributed by atoms with Gasteiger partial charge < -0.3 is 4.40 Å². The predicted molar refractivity (Wildman–Crippen MR) is 43.4 cm³/mol. The molecule has 2 heterocycles. The maximum absolute atomic E-state index is 4.14. The quantitative estimate of drug-likeness (QED) is 0.443. The minimum atomic E-state index is 1.01. The minimum absolute atomic E-state index is 1.01. The average Bonchev–Trinajstić information content (AvgIpc) is 2.33. The van der Waals surface area contributed by atoms with Gasteiger partial charge >= 0.3 is 0 Å². The van der Waals surface area contributed by atoms with Gasteiger partial charge in [0, 0.05) is 18.6 Å². The molecule has 0 aliphatic rings. The number of hydrogen-bond donors (Lipinski definition) is 0. The van der Waals surface area contributed by atoms with Gasteiger partial charge in [0.1, 0.15) is 13.5 Å². The third-order valence-electron chi connectivity index (χ3n) is 1.55. The van der Waals surface area contributed by atoms with Crippen molar-refractivity contribution in [3.8, 4) is 0 Å². The van der Waals surface area contributed by atoms with Crippen molar-refractivity contribution in [1.82, 2.24) is 9.38 Å². The average molecular weight is 130 g/mol. The van der Waals surface area contributed by atoms with Crippen molar-refractivity contribution in [2.75, 3.05) is 0 Å². The highest BCUT2D eigenvalue weighted by Gasteiger charge is 1.90. The number of aromatic nitrogens is 2. The summed E-state index contributed by atoms with van der Waals surface area (Å²) in [6.07, 6.45) is 5.75. The number of hydrogen-bond acceptors (Lipinski definition) is 1. The summed E-state index contributed by atoms with van der Waals surface area (Å²) < 4.78 is 1.99. The van der Waals surface area contributed by atoms with Gasteiger partial charge in [-0.1, -0.05) is 11.5 Å². The van der Waals surface area contributed by atoms with Gasteiger partial charge in [-0.3, -0.25) is 0 Å². The molecule has 0 fully saturated rings. The lowest BCUT2D eigenvalue weighted by Crippen LogP contribution is -2.01. The molecule has 3 heteroatoms. The van der Waals surface area contributed by atoms with Crippen LogP contribution in [0.2, 0.25) is 0 Å². The summed E-state index contributed by atoms with van der Waals surface area (Å²) in [5, 5.41) is 0. The van der Waals surface area contributed by atoms with E-state index in [1.54, 1.807) is 6.20 Å². The molecule has 0 aromatic carbocycles. The Balaban J connectivity index is 2.86. The summed E-state index contributed by atoms with van der Waals surface area (Å²) in [6, 6.07) is 4.12. The minimum Gasteiger partial charge on any atom is -0.307 e. The van der Waals surface area contributed by atoms with Crippen molar-refractivity contribution in [1.29, 1.82) is 0 Å². The van der Waals surface area contributed by atoms with Crippen LogP contribution in [-0.2, 0) is 0 Å². The van der Waals surface area contributed by atoms with Gasteiger partial charge in [0.05, 0.1) is 0 Å². The van der Waals surface area contributed by atoms with E-state index in [1.165, 1.54) is 5.46 Å². The Kier molecular flexibility index (Phi) is 1.03. The lowest BCUT2D eigenvalue weighted by molar-refractivity contribution is 1.19. The monoisotopic (exact) mass is 130 g/mol. The van der Waals surface area contributed by atoms with E-state index < -0.39 is 0 Å². The zero-order chi connectivity index (χ0) is 6.97. The highest BCUT2D eigenvalue weighted by molar-refractivity contribution is 6.32. The van der Waals surface area contributed by atoms with Gasteiger partial charge in [-0.25, -0.2) is 4.98 Å². The maximum Gasteiger partial charge on any atom is 0.139 e. The molecular formula is C7H7BN2. The fourth-order valence-electron chi connectivity index (χ4n) is 1.01. The molecule has 48 valence electrons. The first-order chi connectivity index (χ1) is 4.86. The second-order valence-electron chi connectivity index (χ2n) is 2.40. The summed E-state index contributed by atoms with van der Waals surface area (Å²) in [4.78, 5) is 4.14. The largest absolute Gasteiger partial charge is 0.307 e. The number of pyridine rings is 1. The maximum atomic E-state index is 4.14. The molecule has 0 spiro atoms. The van der Waals surface area contributed by atoms with Crippen molar-refractivity contribution in [2.24, 2.45) is 0 Å². The summed E-state index contributed by atoms with van der Waals surface area (Å²) in [6.45, 7) is 0. The van der Waals surface area contributed by atoms with Crippen LogP contribution in [0.5, 0.6) is 0 Å². The highest BCUT2D eigenvalue weighted by Crippen LogP contribution is 1.94. The van der Waals surface area contributed by atoms with Gasteiger partial charge in [-0.2, -0.15) is 0 Å². The zero-order valence-electron chi connectivity index (χ0n) is 5.78. The Morgan fingerprint density at radius 2 is 2.30 bits per heavy atom. The Morgan fingerprint density at radius 3 is 3.20 bits per heavy atom. The molecule has 2 aromatic heterocycles. The fourth-order valence-corrected chi connectivity index (χ4v) is 1.01. The molecule has 2 aromatic rings. The van der Waals surface area contributed by atoms with Gasteiger partial charge in [-0.15, -0.1) is 0 Å².